The summed E-state index contributed by atoms with van der Waals surface area (Å²) < 4.78 is 18.5. The van der Waals surface area contributed by atoms with Crippen molar-refractivity contribution in [1.29, 1.82) is 0 Å². The van der Waals surface area contributed by atoms with Gasteiger partial charge in [-0.05, 0) is 43.5 Å². The molecular formula is C16H18FN3O2. The highest BCUT2D eigenvalue weighted by molar-refractivity contribution is 5.64. The lowest BCUT2D eigenvalue weighted by Gasteiger charge is -2.35. The molecule has 0 fully saturated rings. The number of anilines is 2. The van der Waals surface area contributed by atoms with Crippen LogP contribution in [0.2, 0.25) is 0 Å². The van der Waals surface area contributed by atoms with Crippen molar-refractivity contribution < 1.29 is 9.13 Å². The van der Waals surface area contributed by atoms with E-state index in [9.17, 15) is 9.18 Å². The fourth-order valence-electron chi connectivity index (χ4n) is 2.87. The molecule has 1 unspecified atom stereocenters. The molecular weight excluding hydrogens is 285 g/mol. The second-order valence-electron chi connectivity index (χ2n) is 5.52. The number of hydrogen-bond donors (Lipinski definition) is 1. The molecule has 0 aliphatic carbocycles. The summed E-state index contributed by atoms with van der Waals surface area (Å²) in [4.78, 5) is 21.1. The summed E-state index contributed by atoms with van der Waals surface area (Å²) in [5.74, 6) is 0.224. The summed E-state index contributed by atoms with van der Waals surface area (Å²) in [6.07, 6.45) is 1.68. The normalized spacial score (nSPS) is 17.4. The molecule has 1 atom stereocenters. The van der Waals surface area contributed by atoms with E-state index in [0.717, 1.165) is 24.1 Å². The lowest BCUT2D eigenvalue weighted by Crippen LogP contribution is -2.35. The van der Waals surface area contributed by atoms with Crippen molar-refractivity contribution in [3.63, 3.8) is 0 Å². The third-order valence-corrected chi connectivity index (χ3v) is 3.88. The number of rotatable bonds is 3. The molecule has 0 spiro atoms. The fraction of sp³-hybridized carbons (Fsp3) is 0.375. The number of aryl methyl sites for hydroxylation is 1. The predicted octanol–water partition coefficient (Wildman–Crippen LogP) is 2.53. The van der Waals surface area contributed by atoms with Gasteiger partial charge >= 0.3 is 0 Å². The lowest BCUT2D eigenvalue weighted by molar-refractivity contribution is 0.181. The van der Waals surface area contributed by atoms with Crippen molar-refractivity contribution in [3.05, 3.63) is 51.7 Å². The van der Waals surface area contributed by atoms with Gasteiger partial charge in [0.1, 0.15) is 5.82 Å². The average Bonchev–Trinajstić information content (AvgIpc) is 2.47. The number of H-pyrrole nitrogens is 1. The van der Waals surface area contributed by atoms with Crippen LogP contribution in [0, 0.1) is 5.82 Å². The van der Waals surface area contributed by atoms with Crippen molar-refractivity contribution in [2.75, 3.05) is 12.0 Å². The highest BCUT2D eigenvalue weighted by Crippen LogP contribution is 2.35. The van der Waals surface area contributed by atoms with Crippen LogP contribution in [0.15, 0.2) is 29.1 Å². The first kappa shape index (κ1) is 14.7. The molecule has 0 saturated heterocycles. The van der Waals surface area contributed by atoms with E-state index in [2.05, 4.69) is 16.9 Å². The van der Waals surface area contributed by atoms with E-state index < -0.39 is 0 Å². The topological polar surface area (TPSA) is 58.2 Å². The van der Waals surface area contributed by atoms with Crippen molar-refractivity contribution >= 4 is 11.6 Å². The number of benzene rings is 1. The van der Waals surface area contributed by atoms with Gasteiger partial charge in [-0.15, -0.1) is 0 Å². The molecule has 1 aromatic carbocycles. The zero-order valence-corrected chi connectivity index (χ0v) is 12.6. The van der Waals surface area contributed by atoms with E-state index >= 15 is 0 Å². The molecule has 0 radical (unpaired) electrons. The molecule has 6 heteroatoms. The number of hydrogen-bond acceptors (Lipinski definition) is 4. The first-order valence-electron chi connectivity index (χ1n) is 7.25. The summed E-state index contributed by atoms with van der Waals surface area (Å²) >= 11 is 0. The molecule has 0 bridgehead atoms. The number of nitrogens with one attached hydrogen (secondary N) is 1. The van der Waals surface area contributed by atoms with Crippen LogP contribution in [0.5, 0.6) is 0 Å². The van der Waals surface area contributed by atoms with Gasteiger partial charge in [-0.25, -0.2) is 9.37 Å². The minimum Gasteiger partial charge on any atom is -0.378 e. The molecule has 3 rings (SSSR count). The smallest absolute Gasteiger partial charge is 0.252 e. The van der Waals surface area contributed by atoms with Crippen molar-refractivity contribution in [3.8, 4) is 0 Å². The largest absolute Gasteiger partial charge is 0.378 e. The van der Waals surface area contributed by atoms with E-state index in [0.29, 0.717) is 11.6 Å². The molecule has 2 aromatic rings. The lowest BCUT2D eigenvalue weighted by atomic mass is 9.97. The second-order valence-corrected chi connectivity index (χ2v) is 5.52. The van der Waals surface area contributed by atoms with E-state index in [1.165, 1.54) is 12.1 Å². The molecule has 1 aliphatic rings. The Morgan fingerprint density at radius 2 is 2.27 bits per heavy atom. The average molecular weight is 303 g/mol. The summed E-state index contributed by atoms with van der Waals surface area (Å²) in [5.41, 5.74) is 2.16. The number of fused-ring (bicyclic) bond motifs is 1. The third kappa shape index (κ3) is 2.74. The Morgan fingerprint density at radius 3 is 3.05 bits per heavy atom. The summed E-state index contributed by atoms with van der Waals surface area (Å²) in [6, 6.07) is 6.31. The predicted molar refractivity (Wildman–Crippen MR) is 81.9 cm³/mol. The van der Waals surface area contributed by atoms with Gasteiger partial charge in [0, 0.05) is 24.9 Å². The van der Waals surface area contributed by atoms with E-state index in [4.69, 9.17) is 4.74 Å². The quantitative estimate of drug-likeness (QED) is 0.946. The molecule has 0 saturated carbocycles. The molecule has 0 amide bonds. The van der Waals surface area contributed by atoms with Crippen molar-refractivity contribution in [1.82, 2.24) is 9.97 Å². The van der Waals surface area contributed by atoms with E-state index in [-0.39, 0.29) is 24.0 Å². The molecule has 22 heavy (non-hydrogen) atoms. The van der Waals surface area contributed by atoms with Crippen molar-refractivity contribution in [2.24, 2.45) is 0 Å². The standard InChI is InChI=1S/C16H18FN3O2/c1-10-3-4-11-7-12(17)5-6-14(11)20(10)16-18-13(9-22-2)8-15(21)19-16/h5-8,10H,3-4,9H2,1-2H3,(H,18,19,21). The number of ether oxygens (including phenoxy) is 1. The maximum Gasteiger partial charge on any atom is 0.252 e. The Hall–Kier alpha value is -2.21. The monoisotopic (exact) mass is 303 g/mol. The highest BCUT2D eigenvalue weighted by atomic mass is 19.1. The Labute approximate surface area is 127 Å². The molecule has 1 aliphatic heterocycles. The van der Waals surface area contributed by atoms with Crippen LogP contribution in [0.25, 0.3) is 0 Å². The molecule has 116 valence electrons. The third-order valence-electron chi connectivity index (χ3n) is 3.88. The van der Waals surface area contributed by atoms with Gasteiger partial charge in [-0.3, -0.25) is 9.78 Å². The highest BCUT2D eigenvalue weighted by Gasteiger charge is 2.26. The van der Waals surface area contributed by atoms with Crippen LogP contribution in [0.3, 0.4) is 0 Å². The number of aromatic nitrogens is 2. The first-order chi connectivity index (χ1) is 10.6. The van der Waals surface area contributed by atoms with Crippen LogP contribution in [0.4, 0.5) is 16.0 Å². The maximum absolute atomic E-state index is 13.4. The number of nitrogens with zero attached hydrogens (tertiary/aromatic N) is 2. The number of aromatic amines is 1. The fourth-order valence-corrected chi connectivity index (χ4v) is 2.87. The van der Waals surface area contributed by atoms with Gasteiger partial charge in [-0.2, -0.15) is 0 Å². The number of methoxy groups -OCH3 is 1. The zero-order valence-electron chi connectivity index (χ0n) is 12.6. The Bertz CT molecular complexity index is 744. The SMILES string of the molecule is COCc1cc(=O)[nH]c(N2c3ccc(F)cc3CCC2C)n1. The van der Waals surface area contributed by atoms with Gasteiger partial charge in [0.15, 0.2) is 0 Å². The second kappa shape index (κ2) is 5.88. The maximum atomic E-state index is 13.4. The van der Waals surface area contributed by atoms with Crippen LogP contribution in [0.1, 0.15) is 24.6 Å². The molecule has 1 N–H and O–H groups in total. The van der Waals surface area contributed by atoms with Gasteiger partial charge < -0.3 is 9.64 Å². The summed E-state index contributed by atoms with van der Waals surface area (Å²) in [6.45, 7) is 2.34. The first-order valence-corrected chi connectivity index (χ1v) is 7.25. The van der Waals surface area contributed by atoms with Gasteiger partial charge in [-0.1, -0.05) is 0 Å². The van der Waals surface area contributed by atoms with Gasteiger partial charge in [0.25, 0.3) is 5.56 Å². The molecule has 2 heterocycles. The van der Waals surface area contributed by atoms with Crippen molar-refractivity contribution in [2.45, 2.75) is 32.4 Å². The van der Waals surface area contributed by atoms with Crippen LogP contribution in [-0.4, -0.2) is 23.1 Å². The molecule has 1 aromatic heterocycles. The van der Waals surface area contributed by atoms with Gasteiger partial charge in [0.05, 0.1) is 12.3 Å². The number of halogens is 1. The van der Waals surface area contributed by atoms with E-state index in [1.54, 1.807) is 19.2 Å². The van der Waals surface area contributed by atoms with Crippen LogP contribution < -0.4 is 10.5 Å². The van der Waals surface area contributed by atoms with Crippen LogP contribution in [-0.2, 0) is 17.8 Å². The Kier molecular flexibility index (Phi) is 3.94. The zero-order chi connectivity index (χ0) is 15.7. The summed E-state index contributed by atoms with van der Waals surface area (Å²) in [7, 11) is 1.56. The Morgan fingerprint density at radius 1 is 1.45 bits per heavy atom. The minimum atomic E-state index is -0.247. The van der Waals surface area contributed by atoms with E-state index in [1.807, 2.05) is 4.90 Å². The van der Waals surface area contributed by atoms with Gasteiger partial charge in [0.2, 0.25) is 5.95 Å². The summed E-state index contributed by atoms with van der Waals surface area (Å²) in [5, 5.41) is 0. The minimum absolute atomic E-state index is 0.166. The molecule has 5 nitrogen and oxygen atoms in total. The Balaban J connectivity index is 2.09. The van der Waals surface area contributed by atoms with Crippen LogP contribution >= 0.6 is 0 Å².